The molecule has 2 heterocycles. The molecule has 3 nitrogen and oxygen atoms in total. The Morgan fingerprint density at radius 3 is 2.83 bits per heavy atom. The molecule has 0 bridgehead atoms. The van der Waals surface area contributed by atoms with Crippen molar-refractivity contribution in [1.29, 1.82) is 0 Å². The van der Waals surface area contributed by atoms with E-state index in [1.807, 2.05) is 0 Å². The topological polar surface area (TPSA) is 38.1 Å². The van der Waals surface area contributed by atoms with E-state index in [2.05, 4.69) is 10.3 Å². The molecule has 18 heavy (non-hydrogen) atoms. The lowest BCUT2D eigenvalue weighted by atomic mass is 10.2. The van der Waals surface area contributed by atoms with Crippen LogP contribution in [0.3, 0.4) is 0 Å². The van der Waals surface area contributed by atoms with Crippen molar-refractivity contribution in [2.45, 2.75) is 25.1 Å². The lowest BCUT2D eigenvalue weighted by Crippen LogP contribution is -2.12. The standard InChI is InChI=1S/C12H11F3N2O/c13-12(14,15)7-3-4-10-9(6-7)17-11(18-10)8-2-1-5-16-8/h3-4,6,8,16H,1-2,5H2. The average molecular weight is 256 g/mol. The summed E-state index contributed by atoms with van der Waals surface area (Å²) in [5.74, 6) is 0.474. The van der Waals surface area contributed by atoms with Crippen LogP contribution < -0.4 is 5.32 Å². The number of rotatable bonds is 1. The number of alkyl halides is 3. The third-order valence-electron chi connectivity index (χ3n) is 3.09. The number of halogens is 3. The second kappa shape index (κ2) is 3.98. The molecule has 1 unspecified atom stereocenters. The van der Waals surface area contributed by atoms with E-state index in [-0.39, 0.29) is 11.6 Å². The minimum Gasteiger partial charge on any atom is -0.439 e. The maximum absolute atomic E-state index is 12.6. The molecule has 1 fully saturated rings. The zero-order chi connectivity index (χ0) is 12.8. The summed E-state index contributed by atoms with van der Waals surface area (Å²) in [4.78, 5) is 4.14. The number of hydrogen-bond donors (Lipinski definition) is 1. The highest BCUT2D eigenvalue weighted by atomic mass is 19.4. The number of benzene rings is 1. The van der Waals surface area contributed by atoms with Crippen molar-refractivity contribution in [1.82, 2.24) is 10.3 Å². The Morgan fingerprint density at radius 1 is 1.33 bits per heavy atom. The van der Waals surface area contributed by atoms with Crippen LogP contribution >= 0.6 is 0 Å². The highest BCUT2D eigenvalue weighted by Gasteiger charge is 2.31. The molecule has 0 spiro atoms. The molecule has 6 heteroatoms. The third kappa shape index (κ3) is 1.96. The summed E-state index contributed by atoms with van der Waals surface area (Å²) in [7, 11) is 0. The van der Waals surface area contributed by atoms with E-state index in [9.17, 15) is 13.2 Å². The van der Waals surface area contributed by atoms with Gasteiger partial charge in [0.05, 0.1) is 11.6 Å². The van der Waals surface area contributed by atoms with Gasteiger partial charge in [-0.25, -0.2) is 4.98 Å². The summed E-state index contributed by atoms with van der Waals surface area (Å²) < 4.78 is 43.1. The molecule has 2 aromatic rings. The van der Waals surface area contributed by atoms with Crippen LogP contribution in [0, 0.1) is 0 Å². The first-order valence-corrected chi connectivity index (χ1v) is 5.75. The molecular weight excluding hydrogens is 245 g/mol. The molecule has 1 aliphatic heterocycles. The van der Waals surface area contributed by atoms with E-state index < -0.39 is 11.7 Å². The zero-order valence-electron chi connectivity index (χ0n) is 9.42. The van der Waals surface area contributed by atoms with Crippen LogP contribution in [0.1, 0.15) is 30.3 Å². The molecule has 1 aromatic carbocycles. The van der Waals surface area contributed by atoms with E-state index >= 15 is 0 Å². The predicted octanol–water partition coefficient (Wildman–Crippen LogP) is 3.27. The smallest absolute Gasteiger partial charge is 0.416 e. The minimum absolute atomic E-state index is 0.0201. The molecular formula is C12H11F3N2O. The van der Waals surface area contributed by atoms with Crippen LogP contribution in [0.2, 0.25) is 0 Å². The van der Waals surface area contributed by atoms with Crippen molar-refractivity contribution in [3.05, 3.63) is 29.7 Å². The third-order valence-corrected chi connectivity index (χ3v) is 3.09. The van der Waals surface area contributed by atoms with Gasteiger partial charge in [0, 0.05) is 0 Å². The first-order valence-electron chi connectivity index (χ1n) is 5.75. The number of fused-ring (bicyclic) bond motifs is 1. The molecule has 3 rings (SSSR count). The monoisotopic (exact) mass is 256 g/mol. The molecule has 0 radical (unpaired) electrons. The minimum atomic E-state index is -4.35. The molecule has 0 amide bonds. The van der Waals surface area contributed by atoms with Crippen LogP contribution in [0.5, 0.6) is 0 Å². The fourth-order valence-corrected chi connectivity index (χ4v) is 2.17. The number of oxazole rings is 1. The summed E-state index contributed by atoms with van der Waals surface area (Å²) in [5, 5.41) is 3.20. The fourth-order valence-electron chi connectivity index (χ4n) is 2.17. The lowest BCUT2D eigenvalue weighted by Gasteiger charge is -2.04. The largest absolute Gasteiger partial charge is 0.439 e. The molecule has 1 aliphatic rings. The maximum atomic E-state index is 12.6. The zero-order valence-corrected chi connectivity index (χ0v) is 9.42. The summed E-state index contributed by atoms with van der Waals surface area (Å²) >= 11 is 0. The number of aromatic nitrogens is 1. The summed E-state index contributed by atoms with van der Waals surface area (Å²) in [6.45, 7) is 0.886. The van der Waals surface area contributed by atoms with E-state index in [0.29, 0.717) is 11.5 Å². The summed E-state index contributed by atoms with van der Waals surface area (Å²) in [5.41, 5.74) is -0.0468. The highest BCUT2D eigenvalue weighted by Crippen LogP contribution is 2.32. The summed E-state index contributed by atoms with van der Waals surface area (Å²) in [6, 6.07) is 3.38. The van der Waals surface area contributed by atoms with Crippen molar-refractivity contribution in [3.63, 3.8) is 0 Å². The number of nitrogens with zero attached hydrogens (tertiary/aromatic N) is 1. The van der Waals surface area contributed by atoms with Crippen LogP contribution in [-0.2, 0) is 6.18 Å². The molecule has 1 atom stereocenters. The number of hydrogen-bond acceptors (Lipinski definition) is 3. The quantitative estimate of drug-likeness (QED) is 0.851. The molecule has 0 aliphatic carbocycles. The van der Waals surface area contributed by atoms with Gasteiger partial charge in [-0.15, -0.1) is 0 Å². The van der Waals surface area contributed by atoms with E-state index in [0.717, 1.165) is 31.5 Å². The van der Waals surface area contributed by atoms with Gasteiger partial charge in [0.2, 0.25) is 5.89 Å². The van der Waals surface area contributed by atoms with Gasteiger partial charge in [-0.1, -0.05) is 0 Å². The predicted molar refractivity (Wildman–Crippen MR) is 59.0 cm³/mol. The van der Waals surface area contributed by atoms with Crippen LogP contribution in [0.25, 0.3) is 11.1 Å². The first-order chi connectivity index (χ1) is 8.54. The Labute approximate surface area is 101 Å². The van der Waals surface area contributed by atoms with Crippen molar-refractivity contribution in [3.8, 4) is 0 Å². The Kier molecular flexibility index (Phi) is 2.55. The molecule has 1 saturated heterocycles. The maximum Gasteiger partial charge on any atom is 0.416 e. The van der Waals surface area contributed by atoms with Crippen LogP contribution in [0.4, 0.5) is 13.2 Å². The van der Waals surface area contributed by atoms with Gasteiger partial charge in [-0.3, -0.25) is 0 Å². The van der Waals surface area contributed by atoms with Gasteiger partial charge >= 0.3 is 6.18 Å². The Hall–Kier alpha value is -1.56. The average Bonchev–Trinajstić information content (AvgIpc) is 2.95. The fraction of sp³-hybridized carbons (Fsp3) is 0.417. The Morgan fingerprint density at radius 2 is 2.17 bits per heavy atom. The molecule has 1 aromatic heterocycles. The van der Waals surface area contributed by atoms with Crippen LogP contribution in [-0.4, -0.2) is 11.5 Å². The van der Waals surface area contributed by atoms with Gasteiger partial charge in [0.15, 0.2) is 5.58 Å². The summed E-state index contributed by atoms with van der Waals surface area (Å²) in [6.07, 6.45) is -2.42. The van der Waals surface area contributed by atoms with Gasteiger partial charge in [-0.05, 0) is 37.6 Å². The Bertz CT molecular complexity index is 570. The molecule has 0 saturated carbocycles. The van der Waals surface area contributed by atoms with Crippen LogP contribution in [0.15, 0.2) is 22.6 Å². The highest BCUT2D eigenvalue weighted by molar-refractivity contribution is 5.73. The molecule has 96 valence electrons. The van der Waals surface area contributed by atoms with Crippen molar-refractivity contribution >= 4 is 11.1 Å². The van der Waals surface area contributed by atoms with Crippen molar-refractivity contribution in [2.24, 2.45) is 0 Å². The van der Waals surface area contributed by atoms with Gasteiger partial charge < -0.3 is 9.73 Å². The van der Waals surface area contributed by atoms with E-state index in [4.69, 9.17) is 4.42 Å². The van der Waals surface area contributed by atoms with Crippen molar-refractivity contribution in [2.75, 3.05) is 6.54 Å². The second-order valence-electron chi connectivity index (χ2n) is 4.38. The molecule has 1 N–H and O–H groups in total. The SMILES string of the molecule is FC(F)(F)c1ccc2oc(C3CCCN3)nc2c1. The van der Waals surface area contributed by atoms with Gasteiger partial charge in [0.1, 0.15) is 5.52 Å². The van der Waals surface area contributed by atoms with E-state index in [1.54, 1.807) is 0 Å². The van der Waals surface area contributed by atoms with E-state index in [1.165, 1.54) is 6.07 Å². The first kappa shape index (κ1) is 11.5. The second-order valence-corrected chi connectivity index (χ2v) is 4.38. The lowest BCUT2D eigenvalue weighted by molar-refractivity contribution is -0.137. The van der Waals surface area contributed by atoms with Crippen molar-refractivity contribution < 1.29 is 17.6 Å². The van der Waals surface area contributed by atoms with Gasteiger partial charge in [0.25, 0.3) is 0 Å². The Balaban J connectivity index is 2.01. The normalized spacial score (nSPS) is 20.7. The van der Waals surface area contributed by atoms with Gasteiger partial charge in [-0.2, -0.15) is 13.2 Å². The number of nitrogens with one attached hydrogen (secondary N) is 1.